The predicted molar refractivity (Wildman–Crippen MR) is 132 cm³/mol. The lowest BCUT2D eigenvalue weighted by atomic mass is 10.1. The normalized spacial score (nSPS) is 20.3. The van der Waals surface area contributed by atoms with E-state index in [1.807, 2.05) is 30.3 Å². The second kappa shape index (κ2) is 9.31. The van der Waals surface area contributed by atoms with Crippen molar-refractivity contribution in [2.24, 2.45) is 0 Å². The summed E-state index contributed by atoms with van der Waals surface area (Å²) in [5.74, 6) is -0.835. The number of carbonyl (C=O) groups excluding carboxylic acids is 2. The number of amides is 2. The fraction of sp³-hybridized carbons (Fsp3) is 0.333. The number of para-hydroxylation sites is 1. The number of carbonyl (C=O) groups is 2. The molecule has 7 heteroatoms. The highest BCUT2D eigenvalue weighted by Crippen LogP contribution is 2.35. The summed E-state index contributed by atoms with van der Waals surface area (Å²) in [6, 6.07) is 20.1. The molecule has 2 amide bonds. The molecule has 1 aliphatic carbocycles. The van der Waals surface area contributed by atoms with E-state index in [1.54, 1.807) is 42.5 Å². The minimum atomic E-state index is -4.02. The van der Waals surface area contributed by atoms with Gasteiger partial charge in [-0.25, -0.2) is 13.3 Å². The number of hydrogen-bond donors (Lipinski definition) is 0. The van der Waals surface area contributed by atoms with Gasteiger partial charge in [-0.15, -0.1) is 0 Å². The average Bonchev–Trinajstić information content (AvgIpc) is 3.00. The lowest BCUT2D eigenvalue weighted by molar-refractivity contribution is -0.122. The van der Waals surface area contributed by atoms with Crippen molar-refractivity contribution in [3.05, 3.63) is 72.8 Å². The number of rotatable bonds is 5. The Balaban J connectivity index is 1.58. The van der Waals surface area contributed by atoms with Crippen LogP contribution in [0.2, 0.25) is 0 Å². The van der Waals surface area contributed by atoms with E-state index >= 15 is 0 Å². The molecule has 0 spiro atoms. The summed E-state index contributed by atoms with van der Waals surface area (Å²) in [7, 11) is -4.02. The van der Waals surface area contributed by atoms with Gasteiger partial charge < -0.3 is 0 Å². The summed E-state index contributed by atoms with van der Waals surface area (Å²) in [4.78, 5) is 27.9. The van der Waals surface area contributed by atoms with E-state index in [2.05, 4.69) is 0 Å². The minimum absolute atomic E-state index is 0.142. The molecule has 0 N–H and O–H groups in total. The first-order chi connectivity index (χ1) is 16.5. The van der Waals surface area contributed by atoms with Crippen LogP contribution in [0.4, 0.5) is 5.69 Å². The highest BCUT2D eigenvalue weighted by molar-refractivity contribution is 7.89. The Morgan fingerprint density at radius 2 is 1.41 bits per heavy atom. The first-order valence-electron chi connectivity index (χ1n) is 11.9. The van der Waals surface area contributed by atoms with Crippen LogP contribution in [-0.2, 0) is 19.6 Å². The van der Waals surface area contributed by atoms with Gasteiger partial charge in [0, 0.05) is 6.04 Å². The Morgan fingerprint density at radius 1 is 0.765 bits per heavy atom. The van der Waals surface area contributed by atoms with Crippen LogP contribution in [0.15, 0.2) is 77.7 Å². The SMILES string of the molecule is O=C1CC(N(C2CCCCCC2)S(=O)(=O)c2ccc3ccccc3c2)C(=O)N1c1ccccc1. The van der Waals surface area contributed by atoms with Crippen LogP contribution in [0.25, 0.3) is 10.8 Å². The molecule has 1 saturated carbocycles. The van der Waals surface area contributed by atoms with E-state index in [-0.39, 0.29) is 23.3 Å². The molecule has 5 rings (SSSR count). The molecule has 0 radical (unpaired) electrons. The topological polar surface area (TPSA) is 74.8 Å². The highest BCUT2D eigenvalue weighted by Gasteiger charge is 2.49. The van der Waals surface area contributed by atoms with Crippen molar-refractivity contribution >= 4 is 38.3 Å². The molecule has 176 valence electrons. The molecular formula is C27H28N2O4S. The first kappa shape index (κ1) is 22.7. The van der Waals surface area contributed by atoms with Gasteiger partial charge in [0.1, 0.15) is 6.04 Å². The van der Waals surface area contributed by atoms with Crippen molar-refractivity contribution in [2.45, 2.75) is 61.9 Å². The molecule has 1 heterocycles. The van der Waals surface area contributed by atoms with E-state index in [4.69, 9.17) is 0 Å². The molecule has 1 aliphatic heterocycles. The Kier molecular flexibility index (Phi) is 6.23. The van der Waals surface area contributed by atoms with Gasteiger partial charge in [-0.05, 0) is 47.9 Å². The number of benzene rings is 3. The Bertz CT molecular complexity index is 1310. The highest BCUT2D eigenvalue weighted by atomic mass is 32.2. The smallest absolute Gasteiger partial charge is 0.252 e. The Hall–Kier alpha value is -3.03. The van der Waals surface area contributed by atoms with E-state index < -0.39 is 22.0 Å². The maximum Gasteiger partial charge on any atom is 0.252 e. The van der Waals surface area contributed by atoms with Crippen molar-refractivity contribution in [2.75, 3.05) is 4.90 Å². The average molecular weight is 477 g/mol. The molecule has 1 atom stereocenters. The third-order valence-electron chi connectivity index (χ3n) is 6.93. The second-order valence-electron chi connectivity index (χ2n) is 9.11. The summed E-state index contributed by atoms with van der Waals surface area (Å²) in [6.45, 7) is 0. The van der Waals surface area contributed by atoms with Crippen molar-refractivity contribution < 1.29 is 18.0 Å². The summed E-state index contributed by atoms with van der Waals surface area (Å²) in [5.41, 5.74) is 0.476. The van der Waals surface area contributed by atoms with Crippen LogP contribution in [-0.4, -0.2) is 36.6 Å². The second-order valence-corrected chi connectivity index (χ2v) is 11.0. The maximum absolute atomic E-state index is 14.1. The zero-order chi connectivity index (χ0) is 23.7. The van der Waals surface area contributed by atoms with Crippen molar-refractivity contribution in [3.63, 3.8) is 0 Å². The monoisotopic (exact) mass is 476 g/mol. The Labute approximate surface area is 200 Å². The predicted octanol–water partition coefficient (Wildman–Crippen LogP) is 4.89. The summed E-state index contributed by atoms with van der Waals surface area (Å²) < 4.78 is 29.6. The van der Waals surface area contributed by atoms with Crippen molar-refractivity contribution in [3.8, 4) is 0 Å². The standard InChI is InChI=1S/C27H28N2O4S/c30-26-19-25(27(31)28(26)22-12-6-3-7-13-22)29(23-14-4-1-2-5-15-23)34(32,33)24-17-16-20-10-8-9-11-21(20)18-24/h3,6-13,16-18,23,25H,1-2,4-5,14-15,19H2. The van der Waals surface area contributed by atoms with Gasteiger partial charge in [0.15, 0.2) is 0 Å². The lowest BCUT2D eigenvalue weighted by Gasteiger charge is -2.34. The summed E-state index contributed by atoms with van der Waals surface area (Å²) >= 11 is 0. The van der Waals surface area contributed by atoms with Gasteiger partial charge in [-0.2, -0.15) is 4.31 Å². The van der Waals surface area contributed by atoms with Crippen molar-refractivity contribution in [1.82, 2.24) is 4.31 Å². The molecule has 1 unspecified atom stereocenters. The maximum atomic E-state index is 14.1. The molecule has 6 nitrogen and oxygen atoms in total. The van der Waals surface area contributed by atoms with Gasteiger partial charge in [0.25, 0.3) is 5.91 Å². The van der Waals surface area contributed by atoms with Crippen LogP contribution >= 0.6 is 0 Å². The number of imide groups is 1. The first-order valence-corrected chi connectivity index (χ1v) is 13.3. The van der Waals surface area contributed by atoms with Gasteiger partial charge in [-0.1, -0.05) is 74.2 Å². The van der Waals surface area contributed by atoms with Crippen LogP contribution in [0.3, 0.4) is 0 Å². The van der Waals surface area contributed by atoms with Crippen LogP contribution in [0.1, 0.15) is 44.9 Å². The van der Waals surface area contributed by atoms with E-state index in [0.717, 1.165) is 41.4 Å². The molecule has 2 fully saturated rings. The fourth-order valence-corrected chi connectivity index (χ4v) is 7.11. The number of sulfonamides is 1. The molecule has 0 bridgehead atoms. The third-order valence-corrected chi connectivity index (χ3v) is 8.88. The zero-order valence-corrected chi connectivity index (χ0v) is 19.8. The third kappa shape index (κ3) is 4.14. The van der Waals surface area contributed by atoms with E-state index in [9.17, 15) is 18.0 Å². The van der Waals surface area contributed by atoms with Crippen LogP contribution in [0.5, 0.6) is 0 Å². The number of fused-ring (bicyclic) bond motifs is 1. The van der Waals surface area contributed by atoms with Gasteiger partial charge in [-0.3, -0.25) is 9.59 Å². The van der Waals surface area contributed by atoms with Gasteiger partial charge >= 0.3 is 0 Å². The van der Waals surface area contributed by atoms with Crippen LogP contribution in [0, 0.1) is 0 Å². The minimum Gasteiger partial charge on any atom is -0.274 e. The quantitative estimate of drug-likeness (QED) is 0.388. The largest absolute Gasteiger partial charge is 0.274 e. The lowest BCUT2D eigenvalue weighted by Crippen LogP contribution is -2.50. The van der Waals surface area contributed by atoms with E-state index in [0.29, 0.717) is 18.5 Å². The van der Waals surface area contributed by atoms with E-state index in [1.165, 1.54) is 4.31 Å². The molecule has 34 heavy (non-hydrogen) atoms. The van der Waals surface area contributed by atoms with Crippen molar-refractivity contribution in [1.29, 1.82) is 0 Å². The molecule has 2 aliphatic rings. The molecule has 3 aromatic carbocycles. The fourth-order valence-electron chi connectivity index (χ4n) is 5.24. The number of hydrogen-bond acceptors (Lipinski definition) is 4. The number of nitrogens with zero attached hydrogens (tertiary/aromatic N) is 2. The van der Waals surface area contributed by atoms with Gasteiger partial charge in [0.05, 0.1) is 17.0 Å². The summed E-state index contributed by atoms with van der Waals surface area (Å²) in [6.07, 6.45) is 5.16. The number of anilines is 1. The Morgan fingerprint density at radius 3 is 2.12 bits per heavy atom. The molecule has 1 saturated heterocycles. The molecule has 0 aromatic heterocycles. The molecular weight excluding hydrogens is 448 g/mol. The van der Waals surface area contributed by atoms with Gasteiger partial charge in [0.2, 0.25) is 15.9 Å². The molecule has 3 aromatic rings. The summed E-state index contributed by atoms with van der Waals surface area (Å²) in [5, 5.41) is 1.77. The van der Waals surface area contributed by atoms with Crippen LogP contribution < -0.4 is 4.90 Å². The zero-order valence-electron chi connectivity index (χ0n) is 19.0.